The molecule has 0 heterocycles. The van der Waals surface area contributed by atoms with Crippen molar-refractivity contribution < 1.29 is 23.4 Å². The van der Waals surface area contributed by atoms with Gasteiger partial charge in [-0.3, -0.25) is 0 Å². The van der Waals surface area contributed by atoms with Gasteiger partial charge in [0.05, 0.1) is 0 Å². The number of carbonyl (C=O) groups is 1. The van der Waals surface area contributed by atoms with Crippen molar-refractivity contribution >= 4 is 5.97 Å². The molecule has 1 unspecified atom stereocenters. The summed E-state index contributed by atoms with van der Waals surface area (Å²) < 4.78 is 29.3. The van der Waals surface area contributed by atoms with E-state index in [0.717, 1.165) is 7.11 Å². The standard InChI is InChI=1S/C6H10F2O3/c1-3-4(11-2)6(7,8)5(9)10/h4H,3H2,1-2H3,(H,9,10). The zero-order valence-electron chi connectivity index (χ0n) is 6.30. The van der Waals surface area contributed by atoms with E-state index in [2.05, 4.69) is 4.74 Å². The lowest BCUT2D eigenvalue weighted by molar-refractivity contribution is -0.185. The molecule has 0 aromatic heterocycles. The monoisotopic (exact) mass is 168 g/mol. The molecule has 0 rings (SSSR count). The van der Waals surface area contributed by atoms with E-state index in [9.17, 15) is 13.6 Å². The van der Waals surface area contributed by atoms with Gasteiger partial charge in [-0.05, 0) is 6.42 Å². The number of ether oxygens (including phenoxy) is 1. The van der Waals surface area contributed by atoms with Crippen molar-refractivity contribution in [3.63, 3.8) is 0 Å². The fourth-order valence-electron chi connectivity index (χ4n) is 0.709. The molecule has 3 nitrogen and oxygen atoms in total. The highest BCUT2D eigenvalue weighted by Gasteiger charge is 2.46. The fraction of sp³-hybridized carbons (Fsp3) is 0.833. The van der Waals surface area contributed by atoms with Crippen LogP contribution in [0.2, 0.25) is 0 Å². The Hall–Kier alpha value is -0.710. The van der Waals surface area contributed by atoms with E-state index in [1.165, 1.54) is 6.92 Å². The van der Waals surface area contributed by atoms with Gasteiger partial charge in [0, 0.05) is 7.11 Å². The summed E-state index contributed by atoms with van der Waals surface area (Å²) in [5, 5.41) is 8.04. The van der Waals surface area contributed by atoms with Crippen molar-refractivity contribution in [2.75, 3.05) is 7.11 Å². The van der Waals surface area contributed by atoms with Gasteiger partial charge in [0.25, 0.3) is 0 Å². The molecule has 1 atom stereocenters. The molecule has 5 heteroatoms. The van der Waals surface area contributed by atoms with Crippen molar-refractivity contribution in [2.45, 2.75) is 25.4 Å². The topological polar surface area (TPSA) is 46.5 Å². The van der Waals surface area contributed by atoms with Crippen molar-refractivity contribution in [2.24, 2.45) is 0 Å². The molecule has 0 aromatic rings. The van der Waals surface area contributed by atoms with Crippen molar-refractivity contribution in [1.29, 1.82) is 0 Å². The smallest absolute Gasteiger partial charge is 0.377 e. The molecular weight excluding hydrogens is 158 g/mol. The first-order chi connectivity index (χ1) is 4.96. The van der Waals surface area contributed by atoms with Crippen LogP contribution >= 0.6 is 0 Å². The number of carboxylic acid groups (broad SMARTS) is 1. The molecule has 0 radical (unpaired) electrons. The van der Waals surface area contributed by atoms with Crippen LogP contribution in [-0.2, 0) is 9.53 Å². The Morgan fingerprint density at radius 3 is 2.27 bits per heavy atom. The molecule has 0 spiro atoms. The molecule has 66 valence electrons. The number of methoxy groups -OCH3 is 1. The molecule has 0 fully saturated rings. The van der Waals surface area contributed by atoms with Crippen LogP contribution in [0.1, 0.15) is 13.3 Å². The average molecular weight is 168 g/mol. The van der Waals surface area contributed by atoms with Gasteiger partial charge in [-0.2, -0.15) is 8.78 Å². The molecule has 0 saturated carbocycles. The number of hydrogen-bond acceptors (Lipinski definition) is 2. The van der Waals surface area contributed by atoms with E-state index in [-0.39, 0.29) is 6.42 Å². The highest BCUT2D eigenvalue weighted by Crippen LogP contribution is 2.23. The van der Waals surface area contributed by atoms with Crippen LogP contribution in [0.5, 0.6) is 0 Å². The van der Waals surface area contributed by atoms with Gasteiger partial charge in [-0.15, -0.1) is 0 Å². The summed E-state index contributed by atoms with van der Waals surface area (Å²) in [4.78, 5) is 9.95. The maximum atomic E-state index is 12.5. The number of hydrogen-bond donors (Lipinski definition) is 1. The summed E-state index contributed by atoms with van der Waals surface area (Å²) in [6.45, 7) is 1.44. The van der Waals surface area contributed by atoms with Crippen LogP contribution in [0.3, 0.4) is 0 Å². The Morgan fingerprint density at radius 1 is 1.73 bits per heavy atom. The van der Waals surface area contributed by atoms with Gasteiger partial charge in [0.1, 0.15) is 6.10 Å². The summed E-state index contributed by atoms with van der Waals surface area (Å²) in [6, 6.07) is 0. The molecule has 11 heavy (non-hydrogen) atoms. The van der Waals surface area contributed by atoms with Crippen molar-refractivity contribution in [1.82, 2.24) is 0 Å². The van der Waals surface area contributed by atoms with E-state index >= 15 is 0 Å². The highest BCUT2D eigenvalue weighted by molar-refractivity contribution is 5.76. The third kappa shape index (κ3) is 2.11. The minimum Gasteiger partial charge on any atom is -0.477 e. The Kier molecular flexibility index (Phi) is 3.38. The molecule has 0 amide bonds. The summed E-state index contributed by atoms with van der Waals surface area (Å²) in [6.07, 6.45) is -1.57. The van der Waals surface area contributed by atoms with E-state index in [4.69, 9.17) is 5.11 Å². The molecule has 0 bridgehead atoms. The molecule has 0 aliphatic carbocycles. The molecule has 0 aliphatic rings. The number of rotatable bonds is 4. The lowest BCUT2D eigenvalue weighted by Gasteiger charge is -2.19. The van der Waals surface area contributed by atoms with Crippen LogP contribution in [0.4, 0.5) is 8.78 Å². The Balaban J connectivity index is 4.36. The normalized spacial score (nSPS) is 14.5. The van der Waals surface area contributed by atoms with Crippen LogP contribution in [0.15, 0.2) is 0 Å². The number of halogens is 2. The zero-order valence-corrected chi connectivity index (χ0v) is 6.30. The van der Waals surface area contributed by atoms with Crippen LogP contribution in [0, 0.1) is 0 Å². The van der Waals surface area contributed by atoms with E-state index in [1.54, 1.807) is 0 Å². The third-order valence-electron chi connectivity index (χ3n) is 1.34. The zero-order chi connectivity index (χ0) is 9.07. The van der Waals surface area contributed by atoms with Gasteiger partial charge in [0.15, 0.2) is 0 Å². The first-order valence-corrected chi connectivity index (χ1v) is 3.10. The highest BCUT2D eigenvalue weighted by atomic mass is 19.3. The lowest BCUT2D eigenvalue weighted by atomic mass is 10.1. The molecule has 0 aliphatic heterocycles. The SMILES string of the molecule is CCC(OC)C(F)(F)C(=O)O. The van der Waals surface area contributed by atoms with E-state index < -0.39 is 18.0 Å². The van der Waals surface area contributed by atoms with Crippen LogP contribution in [0.25, 0.3) is 0 Å². The van der Waals surface area contributed by atoms with Gasteiger partial charge in [0.2, 0.25) is 0 Å². The number of carboxylic acids is 1. The average Bonchev–Trinajstić information content (AvgIpc) is 1.89. The second-order valence-electron chi connectivity index (χ2n) is 2.06. The molecular formula is C6H10F2O3. The van der Waals surface area contributed by atoms with Gasteiger partial charge < -0.3 is 9.84 Å². The lowest BCUT2D eigenvalue weighted by Crippen LogP contribution is -2.42. The maximum Gasteiger partial charge on any atom is 0.377 e. The van der Waals surface area contributed by atoms with Gasteiger partial charge >= 0.3 is 11.9 Å². The Morgan fingerprint density at radius 2 is 2.18 bits per heavy atom. The summed E-state index contributed by atoms with van der Waals surface area (Å²) in [7, 11) is 1.06. The fourth-order valence-corrected chi connectivity index (χ4v) is 0.709. The number of aliphatic carboxylic acids is 1. The first kappa shape index (κ1) is 10.3. The summed E-state index contributed by atoms with van der Waals surface area (Å²) >= 11 is 0. The molecule has 0 aromatic carbocycles. The minimum absolute atomic E-state index is 0.0319. The third-order valence-corrected chi connectivity index (χ3v) is 1.34. The quantitative estimate of drug-likeness (QED) is 0.684. The van der Waals surface area contributed by atoms with Gasteiger partial charge in [-0.1, -0.05) is 6.92 Å². The maximum absolute atomic E-state index is 12.5. The Bertz CT molecular complexity index is 143. The second kappa shape index (κ2) is 3.61. The van der Waals surface area contributed by atoms with E-state index in [1.807, 2.05) is 0 Å². The predicted molar refractivity (Wildman–Crippen MR) is 33.7 cm³/mol. The van der Waals surface area contributed by atoms with E-state index in [0.29, 0.717) is 0 Å². The number of alkyl halides is 2. The van der Waals surface area contributed by atoms with Crippen molar-refractivity contribution in [3.8, 4) is 0 Å². The Labute approximate surface area is 63.0 Å². The van der Waals surface area contributed by atoms with Gasteiger partial charge in [-0.25, -0.2) is 4.79 Å². The largest absolute Gasteiger partial charge is 0.477 e. The summed E-state index contributed by atoms with van der Waals surface area (Å²) in [5.41, 5.74) is 0. The molecule has 0 saturated heterocycles. The minimum atomic E-state index is -3.79. The molecule has 1 N–H and O–H groups in total. The first-order valence-electron chi connectivity index (χ1n) is 3.10. The second-order valence-corrected chi connectivity index (χ2v) is 2.06. The van der Waals surface area contributed by atoms with Crippen LogP contribution in [-0.4, -0.2) is 30.2 Å². The van der Waals surface area contributed by atoms with Crippen molar-refractivity contribution in [3.05, 3.63) is 0 Å². The van der Waals surface area contributed by atoms with Crippen LogP contribution < -0.4 is 0 Å². The predicted octanol–water partition coefficient (Wildman–Crippen LogP) is 1.13. The summed E-state index contributed by atoms with van der Waals surface area (Å²) in [5.74, 6) is -5.94.